The predicted octanol–water partition coefficient (Wildman–Crippen LogP) is 2.59. The molecule has 3 atom stereocenters. The molecule has 0 saturated heterocycles. The highest BCUT2D eigenvalue weighted by molar-refractivity contribution is 5.00. The highest BCUT2D eigenvalue weighted by Gasteiger charge is 2.40. The Bertz CT molecular complexity index is 394. The fraction of sp³-hybridized carbons (Fsp3) is 0.846. The van der Waals surface area contributed by atoms with Gasteiger partial charge in [0.1, 0.15) is 12.2 Å². The van der Waals surface area contributed by atoms with E-state index in [0.29, 0.717) is 0 Å². The van der Waals surface area contributed by atoms with E-state index < -0.39 is 0 Å². The van der Waals surface area contributed by atoms with Crippen LogP contribution in [0, 0.1) is 17.8 Å². The van der Waals surface area contributed by atoms with E-state index in [-0.39, 0.29) is 0 Å². The first-order valence-electron chi connectivity index (χ1n) is 6.78. The van der Waals surface area contributed by atoms with Crippen molar-refractivity contribution in [3.05, 3.63) is 12.2 Å². The predicted molar refractivity (Wildman–Crippen MR) is 60.9 cm³/mol. The van der Waals surface area contributed by atoms with Crippen molar-refractivity contribution in [3.63, 3.8) is 0 Å². The SMILES string of the molecule is c1nnc(CC2CC3CCC2C3)n1C1CC1. The Morgan fingerprint density at radius 2 is 2.12 bits per heavy atom. The Morgan fingerprint density at radius 3 is 2.81 bits per heavy atom. The van der Waals surface area contributed by atoms with Gasteiger partial charge in [0.15, 0.2) is 0 Å². The van der Waals surface area contributed by atoms with Gasteiger partial charge in [0.25, 0.3) is 0 Å². The lowest BCUT2D eigenvalue weighted by atomic mass is 9.86. The molecule has 3 heteroatoms. The van der Waals surface area contributed by atoms with Gasteiger partial charge in [0.05, 0.1) is 0 Å². The van der Waals surface area contributed by atoms with E-state index in [4.69, 9.17) is 0 Å². The average Bonchev–Trinajstić information content (AvgIpc) is 2.76. The van der Waals surface area contributed by atoms with Crippen molar-refractivity contribution in [2.24, 2.45) is 17.8 Å². The van der Waals surface area contributed by atoms with Crippen LogP contribution < -0.4 is 0 Å². The van der Waals surface area contributed by atoms with Crippen LogP contribution in [0.25, 0.3) is 0 Å². The standard InChI is InChI=1S/C13H19N3/c1-2-10-5-9(1)6-11(10)7-13-15-14-8-16(13)12-3-4-12/h8-12H,1-7H2. The summed E-state index contributed by atoms with van der Waals surface area (Å²) in [5, 5.41) is 8.44. The van der Waals surface area contributed by atoms with Gasteiger partial charge in [-0.05, 0) is 49.9 Å². The maximum Gasteiger partial charge on any atom is 0.133 e. The van der Waals surface area contributed by atoms with Crippen LogP contribution in [0.3, 0.4) is 0 Å². The topological polar surface area (TPSA) is 30.7 Å². The molecule has 3 unspecified atom stereocenters. The molecule has 1 heterocycles. The van der Waals surface area contributed by atoms with Gasteiger partial charge in [0.2, 0.25) is 0 Å². The summed E-state index contributed by atoms with van der Waals surface area (Å²) in [4.78, 5) is 0. The minimum absolute atomic E-state index is 0.739. The minimum Gasteiger partial charge on any atom is -0.314 e. The van der Waals surface area contributed by atoms with Gasteiger partial charge in [-0.1, -0.05) is 6.42 Å². The summed E-state index contributed by atoms with van der Waals surface area (Å²) in [6.45, 7) is 0. The lowest BCUT2D eigenvalue weighted by molar-refractivity contribution is 0.323. The molecular weight excluding hydrogens is 198 g/mol. The van der Waals surface area contributed by atoms with Gasteiger partial charge in [-0.15, -0.1) is 10.2 Å². The van der Waals surface area contributed by atoms with Gasteiger partial charge >= 0.3 is 0 Å². The molecule has 3 aliphatic rings. The van der Waals surface area contributed by atoms with E-state index >= 15 is 0 Å². The maximum atomic E-state index is 4.34. The molecule has 1 aromatic rings. The Labute approximate surface area is 96.3 Å². The Morgan fingerprint density at radius 1 is 1.19 bits per heavy atom. The molecular formula is C13H19N3. The van der Waals surface area contributed by atoms with E-state index in [1.807, 2.05) is 6.33 Å². The normalized spacial score (nSPS) is 37.1. The van der Waals surface area contributed by atoms with E-state index in [2.05, 4.69) is 14.8 Å². The second-order valence-electron chi connectivity index (χ2n) is 6.02. The number of hydrogen-bond donors (Lipinski definition) is 0. The van der Waals surface area contributed by atoms with Crippen LogP contribution in [0.1, 0.15) is 50.4 Å². The summed E-state index contributed by atoms with van der Waals surface area (Å²) in [5.74, 6) is 4.24. The maximum absolute atomic E-state index is 4.34. The molecule has 0 aromatic carbocycles. The van der Waals surface area contributed by atoms with E-state index in [9.17, 15) is 0 Å². The van der Waals surface area contributed by atoms with Crippen molar-refractivity contribution in [2.45, 2.75) is 51.0 Å². The van der Waals surface area contributed by atoms with Crippen molar-refractivity contribution in [1.82, 2.24) is 14.8 Å². The quantitative estimate of drug-likeness (QED) is 0.779. The van der Waals surface area contributed by atoms with Crippen molar-refractivity contribution in [3.8, 4) is 0 Å². The Balaban J connectivity index is 1.51. The van der Waals surface area contributed by atoms with Crippen LogP contribution in [0.2, 0.25) is 0 Å². The molecule has 0 aliphatic heterocycles. The zero-order chi connectivity index (χ0) is 10.5. The van der Waals surface area contributed by atoms with E-state index in [1.165, 1.54) is 50.8 Å². The first-order chi connectivity index (χ1) is 7.90. The van der Waals surface area contributed by atoms with E-state index in [0.717, 1.165) is 23.8 Å². The second kappa shape index (κ2) is 3.31. The third-order valence-corrected chi connectivity index (χ3v) is 4.92. The van der Waals surface area contributed by atoms with Gasteiger partial charge < -0.3 is 4.57 Å². The smallest absolute Gasteiger partial charge is 0.133 e. The Hall–Kier alpha value is -0.860. The molecule has 3 aliphatic carbocycles. The molecule has 1 aromatic heterocycles. The minimum atomic E-state index is 0.739. The fourth-order valence-corrected chi connectivity index (χ4v) is 3.93. The van der Waals surface area contributed by atoms with E-state index in [1.54, 1.807) is 0 Å². The molecule has 0 spiro atoms. The molecule has 3 saturated carbocycles. The number of rotatable bonds is 3. The van der Waals surface area contributed by atoms with Gasteiger partial charge in [0, 0.05) is 12.5 Å². The summed E-state index contributed by atoms with van der Waals surface area (Å²) in [6, 6.07) is 0.739. The van der Waals surface area contributed by atoms with Gasteiger partial charge in [-0.25, -0.2) is 0 Å². The van der Waals surface area contributed by atoms with Crippen LogP contribution in [-0.4, -0.2) is 14.8 Å². The van der Waals surface area contributed by atoms with Crippen LogP contribution in [0.5, 0.6) is 0 Å². The van der Waals surface area contributed by atoms with Crippen molar-refractivity contribution in [2.75, 3.05) is 0 Å². The molecule has 4 rings (SSSR count). The lowest BCUT2D eigenvalue weighted by Gasteiger charge is -2.21. The number of nitrogens with zero attached hydrogens (tertiary/aromatic N) is 3. The third-order valence-electron chi connectivity index (χ3n) is 4.92. The van der Waals surface area contributed by atoms with Crippen molar-refractivity contribution in [1.29, 1.82) is 0 Å². The lowest BCUT2D eigenvalue weighted by Crippen LogP contribution is -2.16. The summed E-state index contributed by atoms with van der Waals surface area (Å²) < 4.78 is 2.34. The number of fused-ring (bicyclic) bond motifs is 2. The van der Waals surface area contributed by atoms with Crippen molar-refractivity contribution >= 4 is 0 Å². The van der Waals surface area contributed by atoms with Gasteiger partial charge in [-0.3, -0.25) is 0 Å². The van der Waals surface area contributed by atoms with Crippen LogP contribution in [-0.2, 0) is 6.42 Å². The monoisotopic (exact) mass is 217 g/mol. The molecule has 86 valence electrons. The van der Waals surface area contributed by atoms with Gasteiger partial charge in [-0.2, -0.15) is 0 Å². The third kappa shape index (κ3) is 1.40. The molecule has 0 N–H and O–H groups in total. The average molecular weight is 217 g/mol. The summed E-state index contributed by atoms with van der Waals surface area (Å²) in [7, 11) is 0. The number of hydrogen-bond acceptors (Lipinski definition) is 2. The van der Waals surface area contributed by atoms with Crippen LogP contribution in [0.15, 0.2) is 6.33 Å². The largest absolute Gasteiger partial charge is 0.314 e. The highest BCUT2D eigenvalue weighted by atomic mass is 15.3. The summed E-state index contributed by atoms with van der Waals surface area (Å²) >= 11 is 0. The number of aromatic nitrogens is 3. The molecule has 2 bridgehead atoms. The highest BCUT2D eigenvalue weighted by Crippen LogP contribution is 2.49. The zero-order valence-electron chi connectivity index (χ0n) is 9.68. The molecule has 16 heavy (non-hydrogen) atoms. The van der Waals surface area contributed by atoms with Crippen LogP contribution in [0.4, 0.5) is 0 Å². The Kier molecular flexibility index (Phi) is 1.91. The van der Waals surface area contributed by atoms with Crippen LogP contribution >= 0.6 is 0 Å². The molecule has 3 nitrogen and oxygen atoms in total. The summed E-state index contributed by atoms with van der Waals surface area (Å²) in [5.41, 5.74) is 0. The first-order valence-corrected chi connectivity index (χ1v) is 6.78. The fourth-order valence-electron chi connectivity index (χ4n) is 3.93. The first kappa shape index (κ1) is 9.20. The zero-order valence-corrected chi connectivity index (χ0v) is 9.68. The summed E-state index contributed by atoms with van der Waals surface area (Å²) in [6.07, 6.45) is 11.7. The molecule has 3 fully saturated rings. The molecule has 0 radical (unpaired) electrons. The van der Waals surface area contributed by atoms with Crippen molar-refractivity contribution < 1.29 is 0 Å². The molecule has 0 amide bonds. The second-order valence-corrected chi connectivity index (χ2v) is 6.02.